The first kappa shape index (κ1) is 11.3. The second kappa shape index (κ2) is 4.00. The summed E-state index contributed by atoms with van der Waals surface area (Å²) in [7, 11) is 2.28. The highest BCUT2D eigenvalue weighted by Gasteiger charge is 2.44. The lowest BCUT2D eigenvalue weighted by Crippen LogP contribution is -2.47. The summed E-state index contributed by atoms with van der Waals surface area (Å²) in [4.78, 5) is 12.8. The van der Waals surface area contributed by atoms with Crippen LogP contribution < -0.4 is 16.0 Å². The molecule has 0 bridgehead atoms. The van der Waals surface area contributed by atoms with E-state index in [2.05, 4.69) is 38.2 Å². The van der Waals surface area contributed by atoms with E-state index in [1.807, 2.05) is 6.20 Å². The Labute approximate surface area is 113 Å². The van der Waals surface area contributed by atoms with Gasteiger partial charge < -0.3 is 15.2 Å². The van der Waals surface area contributed by atoms with Gasteiger partial charge >= 0.3 is 0 Å². The predicted octanol–water partition coefficient (Wildman–Crippen LogP) is -0.569. The summed E-state index contributed by atoms with van der Waals surface area (Å²) in [5.74, 6) is 1.27. The second-order valence-electron chi connectivity index (χ2n) is 6.00. The molecule has 0 amide bonds. The number of nitrogens with zero attached hydrogens (tertiary/aromatic N) is 3. The van der Waals surface area contributed by atoms with Gasteiger partial charge in [0.1, 0.15) is 18.0 Å². The Morgan fingerprint density at radius 1 is 1.32 bits per heavy atom. The Balaban J connectivity index is 1.70. The molecule has 5 nitrogen and oxygen atoms in total. The first-order valence-corrected chi connectivity index (χ1v) is 7.21. The standard InChI is InChI=1S/C14H21N5/c1-18-7-2-4-14(18)5-8-19(9-14)13-11-3-6-15-12(11)16-10-17-13/h3,6,17H,2,4-5,7-10H2,1H3,(H,15,16). The van der Waals surface area contributed by atoms with E-state index >= 15 is 0 Å². The molecule has 102 valence electrons. The van der Waals surface area contributed by atoms with E-state index in [4.69, 9.17) is 0 Å². The van der Waals surface area contributed by atoms with Gasteiger partial charge in [0.15, 0.2) is 0 Å². The fraction of sp³-hybridized carbons (Fsp3) is 0.643. The SMILES string of the molecule is CN1CCCC12CCN(C1=c3cc[nH]c3=NCN1)C2. The third kappa shape index (κ3) is 1.61. The lowest BCUT2D eigenvalue weighted by Gasteiger charge is -2.33. The van der Waals surface area contributed by atoms with Crippen LogP contribution in [-0.2, 0) is 0 Å². The first-order chi connectivity index (χ1) is 9.28. The zero-order chi connectivity index (χ0) is 12.9. The van der Waals surface area contributed by atoms with Crippen molar-refractivity contribution in [2.75, 3.05) is 33.4 Å². The molecule has 3 aliphatic rings. The molecule has 0 aromatic carbocycles. The van der Waals surface area contributed by atoms with Crippen molar-refractivity contribution in [1.82, 2.24) is 20.1 Å². The van der Waals surface area contributed by atoms with Crippen molar-refractivity contribution in [3.05, 3.63) is 23.0 Å². The van der Waals surface area contributed by atoms with Gasteiger partial charge in [0.25, 0.3) is 0 Å². The molecular weight excluding hydrogens is 238 g/mol. The zero-order valence-electron chi connectivity index (χ0n) is 11.4. The van der Waals surface area contributed by atoms with Crippen molar-refractivity contribution < 1.29 is 0 Å². The van der Waals surface area contributed by atoms with Crippen LogP contribution in [0.25, 0.3) is 5.82 Å². The number of aromatic nitrogens is 1. The van der Waals surface area contributed by atoms with Crippen molar-refractivity contribution in [2.24, 2.45) is 4.99 Å². The van der Waals surface area contributed by atoms with Crippen LogP contribution in [0.15, 0.2) is 17.3 Å². The number of aromatic amines is 1. The minimum absolute atomic E-state index is 0.416. The molecule has 1 aromatic heterocycles. The summed E-state index contributed by atoms with van der Waals surface area (Å²) in [5, 5.41) is 4.69. The summed E-state index contributed by atoms with van der Waals surface area (Å²) in [6, 6.07) is 2.13. The minimum atomic E-state index is 0.416. The fourth-order valence-corrected chi connectivity index (χ4v) is 3.89. The molecule has 0 saturated carbocycles. The van der Waals surface area contributed by atoms with Crippen molar-refractivity contribution in [2.45, 2.75) is 24.8 Å². The minimum Gasteiger partial charge on any atom is -0.356 e. The molecule has 0 aliphatic carbocycles. The van der Waals surface area contributed by atoms with Gasteiger partial charge in [-0.05, 0) is 38.9 Å². The Bertz CT molecular complexity index is 604. The van der Waals surface area contributed by atoms with Crippen LogP contribution in [0.4, 0.5) is 0 Å². The Kier molecular flexibility index (Phi) is 2.39. The van der Waals surface area contributed by atoms with Crippen molar-refractivity contribution >= 4 is 5.82 Å². The lowest BCUT2D eigenvalue weighted by molar-refractivity contribution is 0.184. The van der Waals surface area contributed by atoms with Crippen molar-refractivity contribution in [3.8, 4) is 0 Å². The number of rotatable bonds is 1. The third-order valence-corrected chi connectivity index (χ3v) is 5.06. The van der Waals surface area contributed by atoms with Gasteiger partial charge in [-0.2, -0.15) is 0 Å². The molecule has 2 fully saturated rings. The van der Waals surface area contributed by atoms with Gasteiger partial charge in [0.2, 0.25) is 0 Å². The van der Waals surface area contributed by atoms with E-state index in [0.29, 0.717) is 12.2 Å². The second-order valence-corrected chi connectivity index (χ2v) is 6.00. The number of hydrogen-bond acceptors (Lipinski definition) is 4. The molecule has 2 N–H and O–H groups in total. The molecule has 19 heavy (non-hydrogen) atoms. The number of likely N-dealkylation sites (N-methyl/N-ethyl adjacent to an activating group) is 1. The van der Waals surface area contributed by atoms with E-state index in [0.717, 1.165) is 18.6 Å². The van der Waals surface area contributed by atoms with Gasteiger partial charge in [0.05, 0.1) is 5.22 Å². The highest BCUT2D eigenvalue weighted by Crippen LogP contribution is 2.37. The largest absolute Gasteiger partial charge is 0.356 e. The topological polar surface area (TPSA) is 46.7 Å². The van der Waals surface area contributed by atoms with Crippen LogP contribution in [0.5, 0.6) is 0 Å². The molecule has 1 atom stereocenters. The van der Waals surface area contributed by atoms with Crippen LogP contribution in [0.1, 0.15) is 19.3 Å². The highest BCUT2D eigenvalue weighted by molar-refractivity contribution is 5.42. The van der Waals surface area contributed by atoms with Gasteiger partial charge in [-0.15, -0.1) is 0 Å². The smallest absolute Gasteiger partial charge is 0.137 e. The van der Waals surface area contributed by atoms with Crippen LogP contribution in [-0.4, -0.2) is 53.7 Å². The molecular formula is C14H21N5. The number of H-pyrrole nitrogens is 1. The van der Waals surface area contributed by atoms with Crippen LogP contribution in [0.3, 0.4) is 0 Å². The average Bonchev–Trinajstić information content (AvgIpc) is 3.12. The van der Waals surface area contributed by atoms with Gasteiger partial charge in [-0.3, -0.25) is 4.90 Å². The molecule has 4 rings (SSSR count). The van der Waals surface area contributed by atoms with Crippen molar-refractivity contribution in [3.63, 3.8) is 0 Å². The lowest BCUT2D eigenvalue weighted by atomic mass is 9.96. The Hall–Kier alpha value is -1.49. The van der Waals surface area contributed by atoms with E-state index in [9.17, 15) is 0 Å². The quantitative estimate of drug-likeness (QED) is 0.710. The molecule has 4 heterocycles. The van der Waals surface area contributed by atoms with Crippen LogP contribution >= 0.6 is 0 Å². The number of likely N-dealkylation sites (tertiary alicyclic amines) is 2. The molecule has 1 aromatic rings. The number of hydrogen-bond donors (Lipinski definition) is 2. The maximum Gasteiger partial charge on any atom is 0.137 e. The normalized spacial score (nSPS) is 30.6. The van der Waals surface area contributed by atoms with E-state index in [1.54, 1.807) is 0 Å². The first-order valence-electron chi connectivity index (χ1n) is 7.21. The predicted molar refractivity (Wildman–Crippen MR) is 73.8 cm³/mol. The monoisotopic (exact) mass is 259 g/mol. The summed E-state index contributed by atoms with van der Waals surface area (Å²) in [5.41, 5.74) is 1.44. The van der Waals surface area contributed by atoms with E-state index in [1.165, 1.54) is 36.8 Å². The van der Waals surface area contributed by atoms with Gasteiger partial charge in [0, 0.05) is 24.8 Å². The van der Waals surface area contributed by atoms with Crippen molar-refractivity contribution in [1.29, 1.82) is 0 Å². The Morgan fingerprint density at radius 3 is 3.11 bits per heavy atom. The summed E-state index contributed by atoms with van der Waals surface area (Å²) < 4.78 is 0. The van der Waals surface area contributed by atoms with Gasteiger partial charge in [-0.25, -0.2) is 4.99 Å². The third-order valence-electron chi connectivity index (χ3n) is 5.06. The molecule has 1 unspecified atom stereocenters. The maximum atomic E-state index is 4.45. The maximum absolute atomic E-state index is 4.45. The van der Waals surface area contributed by atoms with E-state index in [-0.39, 0.29) is 0 Å². The molecule has 0 radical (unpaired) electrons. The van der Waals surface area contributed by atoms with Crippen LogP contribution in [0.2, 0.25) is 0 Å². The number of nitrogens with one attached hydrogen (secondary N) is 2. The summed E-state index contributed by atoms with van der Waals surface area (Å²) in [6.45, 7) is 4.23. The average molecular weight is 259 g/mol. The summed E-state index contributed by atoms with van der Waals surface area (Å²) in [6.07, 6.45) is 5.95. The molecule has 1 spiro atoms. The van der Waals surface area contributed by atoms with E-state index < -0.39 is 0 Å². The van der Waals surface area contributed by atoms with Crippen LogP contribution in [0, 0.1) is 0 Å². The van der Waals surface area contributed by atoms with Gasteiger partial charge in [-0.1, -0.05) is 0 Å². The fourth-order valence-electron chi connectivity index (χ4n) is 3.89. The Morgan fingerprint density at radius 2 is 2.26 bits per heavy atom. The summed E-state index contributed by atoms with van der Waals surface area (Å²) >= 11 is 0. The molecule has 2 saturated heterocycles. The zero-order valence-corrected chi connectivity index (χ0v) is 11.4. The molecule has 5 heteroatoms. The number of fused-ring (bicyclic) bond motifs is 1. The molecule has 3 aliphatic heterocycles. The highest BCUT2D eigenvalue weighted by atomic mass is 15.3.